The zero-order chi connectivity index (χ0) is 20.4. The first-order chi connectivity index (χ1) is 14.0. The Bertz CT molecular complexity index is 1170. The highest BCUT2D eigenvalue weighted by atomic mass is 16.2. The maximum Gasteiger partial charge on any atom is 0.274 e. The number of nitrogens with one attached hydrogen (secondary N) is 2. The molecule has 0 saturated carbocycles. The topological polar surface area (TPSA) is 87.5 Å². The van der Waals surface area contributed by atoms with E-state index in [-0.39, 0.29) is 5.91 Å². The number of pyridine rings is 1. The maximum atomic E-state index is 12.8. The van der Waals surface area contributed by atoms with E-state index < -0.39 is 0 Å². The molecule has 4 rings (SSSR count). The molecule has 8 nitrogen and oxygen atoms in total. The molecular weight excluding hydrogens is 366 g/mol. The molecule has 146 valence electrons. The zero-order valence-electron chi connectivity index (χ0n) is 16.4. The van der Waals surface area contributed by atoms with Crippen LogP contribution in [0.2, 0.25) is 0 Å². The number of rotatable bonds is 5. The van der Waals surface area contributed by atoms with Gasteiger partial charge in [-0.25, -0.2) is 4.98 Å². The Morgan fingerprint density at radius 2 is 1.83 bits per heavy atom. The van der Waals surface area contributed by atoms with Gasteiger partial charge >= 0.3 is 0 Å². The summed E-state index contributed by atoms with van der Waals surface area (Å²) in [5.41, 5.74) is 4.45. The molecular formula is C21H21N7O. The number of amides is 1. The lowest BCUT2D eigenvalue weighted by molar-refractivity contribution is 0.102. The second kappa shape index (κ2) is 7.59. The molecule has 29 heavy (non-hydrogen) atoms. The van der Waals surface area contributed by atoms with E-state index in [0.717, 1.165) is 17.0 Å². The highest BCUT2D eigenvalue weighted by Crippen LogP contribution is 2.21. The largest absolute Gasteiger partial charge is 0.376 e. The molecule has 1 amide bonds. The number of benzene rings is 1. The number of aromatic nitrogens is 4. The number of hydrogen-bond acceptors (Lipinski definition) is 6. The Kier molecular flexibility index (Phi) is 4.82. The van der Waals surface area contributed by atoms with Crippen molar-refractivity contribution in [2.24, 2.45) is 0 Å². The van der Waals surface area contributed by atoms with Crippen molar-refractivity contribution >= 4 is 34.4 Å². The van der Waals surface area contributed by atoms with E-state index in [4.69, 9.17) is 0 Å². The van der Waals surface area contributed by atoms with Crippen LogP contribution in [0.3, 0.4) is 0 Å². The summed E-state index contributed by atoms with van der Waals surface area (Å²) in [5.74, 6) is 0.445. The van der Waals surface area contributed by atoms with Gasteiger partial charge in [0.15, 0.2) is 5.82 Å². The summed E-state index contributed by atoms with van der Waals surface area (Å²) >= 11 is 0. The van der Waals surface area contributed by atoms with Crippen LogP contribution < -0.4 is 15.5 Å². The SMILES string of the molecule is Cc1nc2ccccn2c1C(=O)Nc1ccc(Nc2cc(N(C)C)cnn2)cc1. The van der Waals surface area contributed by atoms with E-state index in [9.17, 15) is 4.79 Å². The van der Waals surface area contributed by atoms with E-state index in [1.54, 1.807) is 10.6 Å². The van der Waals surface area contributed by atoms with Crippen molar-refractivity contribution in [3.63, 3.8) is 0 Å². The van der Waals surface area contributed by atoms with Crippen LogP contribution in [0, 0.1) is 6.92 Å². The van der Waals surface area contributed by atoms with Gasteiger partial charge in [0.05, 0.1) is 17.6 Å². The summed E-state index contributed by atoms with van der Waals surface area (Å²) in [6, 6.07) is 15.0. The van der Waals surface area contributed by atoms with Crippen molar-refractivity contribution in [3.8, 4) is 0 Å². The number of imidazole rings is 1. The molecule has 0 saturated heterocycles. The van der Waals surface area contributed by atoms with Gasteiger partial charge in [0.2, 0.25) is 0 Å². The van der Waals surface area contributed by atoms with E-state index in [0.29, 0.717) is 22.9 Å². The highest BCUT2D eigenvalue weighted by Gasteiger charge is 2.16. The average molecular weight is 387 g/mol. The molecule has 0 radical (unpaired) electrons. The first-order valence-electron chi connectivity index (χ1n) is 9.13. The van der Waals surface area contributed by atoms with E-state index in [1.165, 1.54) is 0 Å². The molecule has 8 heteroatoms. The number of carbonyl (C=O) groups is 1. The molecule has 0 atom stereocenters. The summed E-state index contributed by atoms with van der Waals surface area (Å²) in [6.07, 6.45) is 3.53. The van der Waals surface area contributed by atoms with Gasteiger partial charge in [-0.1, -0.05) is 6.07 Å². The monoisotopic (exact) mass is 387 g/mol. The van der Waals surface area contributed by atoms with Crippen molar-refractivity contribution in [2.75, 3.05) is 29.6 Å². The first kappa shape index (κ1) is 18.4. The number of nitrogens with zero attached hydrogens (tertiary/aromatic N) is 5. The second-order valence-corrected chi connectivity index (χ2v) is 6.82. The zero-order valence-corrected chi connectivity index (χ0v) is 16.4. The van der Waals surface area contributed by atoms with Crippen LogP contribution in [-0.4, -0.2) is 39.6 Å². The molecule has 0 aliphatic heterocycles. The van der Waals surface area contributed by atoms with Crippen molar-refractivity contribution in [1.29, 1.82) is 0 Å². The van der Waals surface area contributed by atoms with Gasteiger partial charge in [0.1, 0.15) is 11.3 Å². The molecule has 1 aromatic carbocycles. The molecule has 0 aliphatic carbocycles. The van der Waals surface area contributed by atoms with Gasteiger partial charge in [-0.3, -0.25) is 9.20 Å². The normalized spacial score (nSPS) is 10.7. The lowest BCUT2D eigenvalue weighted by Crippen LogP contribution is -2.15. The highest BCUT2D eigenvalue weighted by molar-refractivity contribution is 6.04. The van der Waals surface area contributed by atoms with Gasteiger partial charge in [-0.2, -0.15) is 5.10 Å². The lowest BCUT2D eigenvalue weighted by Gasteiger charge is -2.13. The Balaban J connectivity index is 1.49. The second-order valence-electron chi connectivity index (χ2n) is 6.82. The first-order valence-corrected chi connectivity index (χ1v) is 9.13. The maximum absolute atomic E-state index is 12.8. The van der Waals surface area contributed by atoms with Crippen LogP contribution in [-0.2, 0) is 0 Å². The van der Waals surface area contributed by atoms with Gasteiger partial charge in [-0.05, 0) is 43.3 Å². The van der Waals surface area contributed by atoms with Crippen molar-refractivity contribution in [2.45, 2.75) is 6.92 Å². The van der Waals surface area contributed by atoms with Gasteiger partial charge in [0.25, 0.3) is 5.91 Å². The molecule has 3 aromatic heterocycles. The van der Waals surface area contributed by atoms with Gasteiger partial charge in [0, 0.05) is 37.7 Å². The minimum absolute atomic E-state index is 0.202. The Morgan fingerprint density at radius 3 is 2.59 bits per heavy atom. The van der Waals surface area contributed by atoms with Crippen LogP contribution in [0.1, 0.15) is 16.2 Å². The average Bonchev–Trinajstić information content (AvgIpc) is 3.05. The minimum atomic E-state index is -0.202. The summed E-state index contributed by atoms with van der Waals surface area (Å²) in [7, 11) is 3.90. The fourth-order valence-electron chi connectivity index (χ4n) is 3.02. The number of fused-ring (bicyclic) bond motifs is 1. The van der Waals surface area contributed by atoms with E-state index in [1.807, 2.05) is 80.6 Å². The number of anilines is 4. The van der Waals surface area contributed by atoms with Crippen molar-refractivity contribution < 1.29 is 4.79 Å². The van der Waals surface area contributed by atoms with Gasteiger partial charge in [-0.15, -0.1) is 5.10 Å². The van der Waals surface area contributed by atoms with Crippen LogP contribution in [0.4, 0.5) is 22.9 Å². The Labute approximate surface area is 168 Å². The minimum Gasteiger partial charge on any atom is -0.376 e. The number of aryl methyl sites for hydroxylation is 1. The lowest BCUT2D eigenvalue weighted by atomic mass is 10.2. The van der Waals surface area contributed by atoms with Crippen molar-refractivity contribution in [1.82, 2.24) is 19.6 Å². The smallest absolute Gasteiger partial charge is 0.274 e. The third-order valence-electron chi connectivity index (χ3n) is 4.49. The van der Waals surface area contributed by atoms with Crippen LogP contribution in [0.5, 0.6) is 0 Å². The van der Waals surface area contributed by atoms with Crippen LogP contribution in [0.25, 0.3) is 5.65 Å². The fraction of sp³-hybridized carbons (Fsp3) is 0.143. The summed E-state index contributed by atoms with van der Waals surface area (Å²) in [5, 5.41) is 14.2. The molecule has 4 aromatic rings. The molecule has 0 fully saturated rings. The van der Waals surface area contributed by atoms with Crippen LogP contribution >= 0.6 is 0 Å². The number of carbonyl (C=O) groups excluding carboxylic acids is 1. The molecule has 0 aliphatic rings. The standard InChI is InChI=1S/C21H21N7O/c1-14-20(28-11-5-4-6-19(28)23-14)21(29)25-16-9-7-15(8-10-16)24-18-12-17(27(2)3)13-22-26-18/h4-13H,1-3H3,(H,24,26)(H,25,29). The quantitative estimate of drug-likeness (QED) is 0.545. The molecule has 0 spiro atoms. The predicted molar refractivity (Wildman–Crippen MR) is 114 cm³/mol. The summed E-state index contributed by atoms with van der Waals surface area (Å²) < 4.78 is 1.79. The fourth-order valence-corrected chi connectivity index (χ4v) is 3.02. The number of hydrogen-bond donors (Lipinski definition) is 2. The Morgan fingerprint density at radius 1 is 1.07 bits per heavy atom. The predicted octanol–water partition coefficient (Wildman–Crippen LogP) is 3.49. The van der Waals surface area contributed by atoms with E-state index in [2.05, 4.69) is 25.8 Å². The van der Waals surface area contributed by atoms with Gasteiger partial charge < -0.3 is 15.5 Å². The molecule has 0 bridgehead atoms. The molecule has 2 N–H and O–H groups in total. The summed E-state index contributed by atoms with van der Waals surface area (Å²) in [6.45, 7) is 1.83. The summed E-state index contributed by atoms with van der Waals surface area (Å²) in [4.78, 5) is 19.2. The van der Waals surface area contributed by atoms with Crippen molar-refractivity contribution in [3.05, 3.63) is 72.3 Å². The molecule has 0 unspecified atom stereocenters. The van der Waals surface area contributed by atoms with E-state index >= 15 is 0 Å². The Hall–Kier alpha value is -3.94. The molecule has 3 heterocycles. The third-order valence-corrected chi connectivity index (χ3v) is 4.49. The van der Waals surface area contributed by atoms with Crippen LogP contribution in [0.15, 0.2) is 60.9 Å². The third kappa shape index (κ3) is 3.86.